The fourth-order valence-corrected chi connectivity index (χ4v) is 2.32. The molecule has 1 heterocycles. The monoisotopic (exact) mass is 289 g/mol. The molecule has 2 rings (SSSR count). The van der Waals surface area contributed by atoms with Crippen LogP contribution in [0.25, 0.3) is 0 Å². The molecular weight excluding hydrogens is 276 g/mol. The van der Waals surface area contributed by atoms with Gasteiger partial charge in [0.05, 0.1) is 16.7 Å². The van der Waals surface area contributed by atoms with Crippen LogP contribution in [0.15, 0.2) is 12.1 Å². The van der Waals surface area contributed by atoms with Crippen molar-refractivity contribution in [3.05, 3.63) is 34.4 Å². The number of amides is 1. The van der Waals surface area contributed by atoms with Crippen LogP contribution in [0.1, 0.15) is 23.7 Å². The van der Waals surface area contributed by atoms with Crippen LogP contribution in [0.4, 0.5) is 8.78 Å². The molecule has 2 unspecified atom stereocenters. The Bertz CT molecular complexity index is 510. The molecule has 19 heavy (non-hydrogen) atoms. The second-order valence-electron chi connectivity index (χ2n) is 4.83. The van der Waals surface area contributed by atoms with Gasteiger partial charge in [-0.25, -0.2) is 8.78 Å². The molecule has 0 aromatic heterocycles. The van der Waals surface area contributed by atoms with E-state index >= 15 is 0 Å². The minimum Gasteiger partial charge on any atom is -0.393 e. The lowest BCUT2D eigenvalue weighted by Gasteiger charge is -2.34. The van der Waals surface area contributed by atoms with Crippen LogP contribution in [0.2, 0.25) is 5.02 Å². The van der Waals surface area contributed by atoms with Crippen LogP contribution in [0.3, 0.4) is 0 Å². The SMILES string of the molecule is CC1CN(C(=O)c2cc(F)c(Cl)cc2F)CCC1O. The zero-order chi connectivity index (χ0) is 14.2. The Labute approximate surface area is 114 Å². The number of piperidine rings is 1. The number of hydrogen-bond donors (Lipinski definition) is 1. The highest BCUT2D eigenvalue weighted by atomic mass is 35.5. The standard InChI is InChI=1S/C13H14ClF2NO2/c1-7-6-17(3-2-12(7)18)13(19)8-4-11(16)9(14)5-10(8)15/h4-5,7,12,18H,2-3,6H2,1H3. The molecule has 0 spiro atoms. The van der Waals surface area contributed by atoms with Crippen LogP contribution >= 0.6 is 11.6 Å². The first kappa shape index (κ1) is 14.2. The Morgan fingerprint density at radius 2 is 2.11 bits per heavy atom. The van der Waals surface area contributed by atoms with Crippen LogP contribution < -0.4 is 0 Å². The summed E-state index contributed by atoms with van der Waals surface area (Å²) in [6, 6.07) is 1.61. The number of hydrogen-bond acceptors (Lipinski definition) is 2. The number of carbonyl (C=O) groups excluding carboxylic acids is 1. The molecule has 1 aromatic carbocycles. The lowest BCUT2D eigenvalue weighted by atomic mass is 9.96. The molecule has 104 valence electrons. The second-order valence-corrected chi connectivity index (χ2v) is 5.24. The van der Waals surface area contributed by atoms with E-state index < -0.39 is 23.6 Å². The van der Waals surface area contributed by atoms with E-state index in [4.69, 9.17) is 11.6 Å². The predicted molar refractivity (Wildman–Crippen MR) is 67.1 cm³/mol. The number of carbonyl (C=O) groups is 1. The van der Waals surface area contributed by atoms with Crippen LogP contribution in [-0.2, 0) is 0 Å². The quantitative estimate of drug-likeness (QED) is 0.807. The molecule has 2 atom stereocenters. The normalized spacial score (nSPS) is 23.5. The minimum atomic E-state index is -0.838. The molecule has 6 heteroatoms. The molecule has 1 fully saturated rings. The highest BCUT2D eigenvalue weighted by Crippen LogP contribution is 2.23. The summed E-state index contributed by atoms with van der Waals surface area (Å²) in [5.41, 5.74) is -0.328. The third-order valence-electron chi connectivity index (χ3n) is 3.39. The summed E-state index contributed by atoms with van der Waals surface area (Å²) < 4.78 is 27.0. The molecule has 1 amide bonds. The lowest BCUT2D eigenvalue weighted by molar-refractivity contribution is 0.0295. The topological polar surface area (TPSA) is 40.5 Å². The summed E-state index contributed by atoms with van der Waals surface area (Å²) in [5, 5.41) is 9.24. The summed E-state index contributed by atoms with van der Waals surface area (Å²) in [5.74, 6) is -2.32. The summed E-state index contributed by atoms with van der Waals surface area (Å²) in [6.45, 7) is 2.46. The number of aliphatic hydroxyl groups is 1. The summed E-state index contributed by atoms with van der Waals surface area (Å²) in [7, 11) is 0. The molecule has 0 saturated carbocycles. The van der Waals surface area contributed by atoms with Gasteiger partial charge in [-0.15, -0.1) is 0 Å². The summed E-state index contributed by atoms with van der Waals surface area (Å²) in [6.07, 6.45) is -0.0271. The predicted octanol–water partition coefficient (Wildman–Crippen LogP) is 2.46. The van der Waals surface area contributed by atoms with Crippen molar-refractivity contribution in [3.63, 3.8) is 0 Å². The van der Waals surface area contributed by atoms with Crippen molar-refractivity contribution in [1.29, 1.82) is 0 Å². The van der Waals surface area contributed by atoms with Gasteiger partial charge in [-0.05, 0) is 24.5 Å². The Morgan fingerprint density at radius 3 is 2.74 bits per heavy atom. The highest BCUT2D eigenvalue weighted by molar-refractivity contribution is 6.30. The van der Waals surface area contributed by atoms with Crippen molar-refractivity contribution in [3.8, 4) is 0 Å². The largest absolute Gasteiger partial charge is 0.393 e. The van der Waals surface area contributed by atoms with Crippen molar-refractivity contribution in [2.75, 3.05) is 13.1 Å². The Kier molecular flexibility index (Phi) is 4.06. The molecule has 1 aliphatic heterocycles. The lowest BCUT2D eigenvalue weighted by Crippen LogP contribution is -2.45. The van der Waals surface area contributed by atoms with E-state index in [-0.39, 0.29) is 16.5 Å². The first-order chi connectivity index (χ1) is 8.90. The maximum Gasteiger partial charge on any atom is 0.256 e. The maximum absolute atomic E-state index is 13.7. The molecule has 0 radical (unpaired) electrons. The van der Waals surface area contributed by atoms with Gasteiger partial charge < -0.3 is 10.0 Å². The van der Waals surface area contributed by atoms with Crippen molar-refractivity contribution >= 4 is 17.5 Å². The molecular formula is C13H14ClF2NO2. The molecule has 1 aliphatic rings. The van der Waals surface area contributed by atoms with Crippen LogP contribution in [0.5, 0.6) is 0 Å². The van der Waals surface area contributed by atoms with E-state index in [2.05, 4.69) is 0 Å². The number of benzene rings is 1. The van der Waals surface area contributed by atoms with Gasteiger partial charge in [0.2, 0.25) is 0 Å². The first-order valence-electron chi connectivity index (χ1n) is 6.02. The van der Waals surface area contributed by atoms with Gasteiger partial charge in [-0.1, -0.05) is 18.5 Å². The van der Waals surface area contributed by atoms with Gasteiger partial charge in [0, 0.05) is 13.1 Å². The molecule has 1 N–H and O–H groups in total. The van der Waals surface area contributed by atoms with Crippen molar-refractivity contribution in [2.24, 2.45) is 5.92 Å². The number of likely N-dealkylation sites (tertiary alicyclic amines) is 1. The van der Waals surface area contributed by atoms with E-state index in [1.807, 2.05) is 6.92 Å². The fraction of sp³-hybridized carbons (Fsp3) is 0.462. The second kappa shape index (κ2) is 5.43. The fourth-order valence-electron chi connectivity index (χ4n) is 2.17. The number of nitrogens with zero attached hydrogens (tertiary/aromatic N) is 1. The van der Waals surface area contributed by atoms with E-state index in [1.165, 1.54) is 4.90 Å². The Hall–Kier alpha value is -1.20. The van der Waals surface area contributed by atoms with Gasteiger partial charge >= 0.3 is 0 Å². The zero-order valence-corrected chi connectivity index (χ0v) is 11.1. The Morgan fingerprint density at radius 1 is 1.42 bits per heavy atom. The first-order valence-corrected chi connectivity index (χ1v) is 6.40. The van der Waals surface area contributed by atoms with Gasteiger partial charge in [-0.2, -0.15) is 0 Å². The Balaban J connectivity index is 2.23. The zero-order valence-electron chi connectivity index (χ0n) is 10.4. The van der Waals surface area contributed by atoms with Crippen molar-refractivity contribution in [2.45, 2.75) is 19.4 Å². The minimum absolute atomic E-state index is 0.0853. The van der Waals surface area contributed by atoms with E-state index in [1.54, 1.807) is 0 Å². The summed E-state index contributed by atoms with van der Waals surface area (Å²) >= 11 is 5.45. The van der Waals surface area contributed by atoms with Gasteiger partial charge in [0.1, 0.15) is 11.6 Å². The van der Waals surface area contributed by atoms with Crippen LogP contribution in [-0.4, -0.2) is 35.1 Å². The van der Waals surface area contributed by atoms with E-state index in [9.17, 15) is 18.7 Å². The van der Waals surface area contributed by atoms with Crippen LogP contribution in [0, 0.1) is 17.6 Å². The number of aliphatic hydroxyl groups excluding tert-OH is 1. The summed E-state index contributed by atoms with van der Waals surface area (Å²) in [4.78, 5) is 13.6. The third kappa shape index (κ3) is 2.87. The number of halogens is 3. The maximum atomic E-state index is 13.7. The molecule has 3 nitrogen and oxygen atoms in total. The molecule has 0 aliphatic carbocycles. The number of rotatable bonds is 1. The molecule has 1 saturated heterocycles. The van der Waals surface area contributed by atoms with E-state index in [0.29, 0.717) is 19.5 Å². The molecule has 0 bridgehead atoms. The van der Waals surface area contributed by atoms with Gasteiger partial charge in [0.25, 0.3) is 5.91 Å². The van der Waals surface area contributed by atoms with Gasteiger partial charge in [-0.3, -0.25) is 4.79 Å². The van der Waals surface area contributed by atoms with Gasteiger partial charge in [0.15, 0.2) is 0 Å². The highest BCUT2D eigenvalue weighted by Gasteiger charge is 2.29. The molecule has 1 aromatic rings. The average molecular weight is 290 g/mol. The third-order valence-corrected chi connectivity index (χ3v) is 3.68. The smallest absolute Gasteiger partial charge is 0.256 e. The van der Waals surface area contributed by atoms with Crippen molar-refractivity contribution < 1.29 is 18.7 Å². The van der Waals surface area contributed by atoms with E-state index in [0.717, 1.165) is 12.1 Å². The van der Waals surface area contributed by atoms with Crippen molar-refractivity contribution in [1.82, 2.24) is 4.90 Å². The average Bonchev–Trinajstić information content (AvgIpc) is 2.36.